The Balaban J connectivity index is 1.54. The maximum Gasteiger partial charge on any atom is 0.254 e. The number of likely N-dealkylation sites (tertiary alicyclic amines) is 1. The molecule has 1 aromatic carbocycles. The standard InChI is InChI=1S/C21H29ClFNO2/c22-18-12-17(13-19(23)14-18)8-4-9-21(26)10-5-11-24(20(21)25)15-16-6-2-1-3-7-16/h12-14,16,26H,1-11,15H2/t21-/m0/s1. The van der Waals surface area contributed by atoms with Crippen LogP contribution in [0.5, 0.6) is 0 Å². The molecule has 1 aromatic rings. The number of benzene rings is 1. The molecular weight excluding hydrogens is 353 g/mol. The Morgan fingerprint density at radius 2 is 1.96 bits per heavy atom. The minimum Gasteiger partial charge on any atom is -0.380 e. The van der Waals surface area contributed by atoms with Gasteiger partial charge >= 0.3 is 0 Å². The summed E-state index contributed by atoms with van der Waals surface area (Å²) in [4.78, 5) is 14.8. The van der Waals surface area contributed by atoms with Gasteiger partial charge in [-0.3, -0.25) is 4.79 Å². The van der Waals surface area contributed by atoms with Gasteiger partial charge in [0.05, 0.1) is 0 Å². The van der Waals surface area contributed by atoms with E-state index in [0.717, 1.165) is 25.1 Å². The van der Waals surface area contributed by atoms with Gasteiger partial charge in [0.25, 0.3) is 5.91 Å². The van der Waals surface area contributed by atoms with Crippen LogP contribution in [-0.2, 0) is 11.2 Å². The molecule has 1 aliphatic heterocycles. The van der Waals surface area contributed by atoms with Crippen molar-refractivity contribution in [2.45, 2.75) is 69.8 Å². The van der Waals surface area contributed by atoms with Gasteiger partial charge < -0.3 is 10.0 Å². The van der Waals surface area contributed by atoms with Crippen LogP contribution in [0.1, 0.15) is 63.4 Å². The Morgan fingerprint density at radius 1 is 1.19 bits per heavy atom. The molecule has 0 aromatic heterocycles. The number of carbonyl (C=O) groups excluding carboxylic acids is 1. The number of aliphatic hydroxyl groups is 1. The summed E-state index contributed by atoms with van der Waals surface area (Å²) < 4.78 is 13.4. The summed E-state index contributed by atoms with van der Waals surface area (Å²) in [6, 6.07) is 4.49. The van der Waals surface area contributed by atoms with Gasteiger partial charge in [0.2, 0.25) is 0 Å². The first-order chi connectivity index (χ1) is 12.5. The summed E-state index contributed by atoms with van der Waals surface area (Å²) in [5.41, 5.74) is -0.453. The predicted molar refractivity (Wildman–Crippen MR) is 102 cm³/mol. The first kappa shape index (κ1) is 19.6. The largest absolute Gasteiger partial charge is 0.380 e. The zero-order valence-corrected chi connectivity index (χ0v) is 16.1. The van der Waals surface area contributed by atoms with Crippen LogP contribution in [-0.4, -0.2) is 34.6 Å². The van der Waals surface area contributed by atoms with Crippen LogP contribution in [0.3, 0.4) is 0 Å². The molecule has 1 aliphatic carbocycles. The summed E-state index contributed by atoms with van der Waals surface area (Å²) in [6.07, 6.45) is 9.25. The Bertz CT molecular complexity index is 612. The molecule has 5 heteroatoms. The number of amides is 1. The number of piperidine rings is 1. The van der Waals surface area contributed by atoms with Crippen LogP contribution in [0.25, 0.3) is 0 Å². The Labute approximate surface area is 160 Å². The number of nitrogens with zero attached hydrogens (tertiary/aromatic N) is 1. The number of hydrogen-bond donors (Lipinski definition) is 1. The van der Waals surface area contributed by atoms with Crippen molar-refractivity contribution in [3.63, 3.8) is 0 Å². The summed E-state index contributed by atoms with van der Waals surface area (Å²) in [5.74, 6) is 0.134. The van der Waals surface area contributed by atoms with Gasteiger partial charge in [-0.25, -0.2) is 4.39 Å². The summed E-state index contributed by atoms with van der Waals surface area (Å²) in [6.45, 7) is 1.55. The fraction of sp³-hybridized carbons (Fsp3) is 0.667. The van der Waals surface area contributed by atoms with E-state index in [1.165, 1.54) is 44.2 Å². The van der Waals surface area contributed by atoms with E-state index in [-0.39, 0.29) is 11.7 Å². The summed E-state index contributed by atoms with van der Waals surface area (Å²) in [7, 11) is 0. The average molecular weight is 382 g/mol. The molecule has 0 bridgehead atoms. The first-order valence-electron chi connectivity index (χ1n) is 9.93. The topological polar surface area (TPSA) is 40.5 Å². The highest BCUT2D eigenvalue weighted by atomic mass is 35.5. The monoisotopic (exact) mass is 381 g/mol. The lowest BCUT2D eigenvalue weighted by Crippen LogP contribution is -2.54. The minimum absolute atomic E-state index is 0.105. The highest BCUT2D eigenvalue weighted by molar-refractivity contribution is 6.30. The van der Waals surface area contributed by atoms with E-state index in [2.05, 4.69) is 0 Å². The van der Waals surface area contributed by atoms with Gasteiger partial charge in [0, 0.05) is 18.1 Å². The molecule has 26 heavy (non-hydrogen) atoms. The number of rotatable bonds is 6. The highest BCUT2D eigenvalue weighted by Gasteiger charge is 2.41. The van der Waals surface area contributed by atoms with E-state index in [1.54, 1.807) is 6.07 Å². The van der Waals surface area contributed by atoms with Gasteiger partial charge in [0.15, 0.2) is 0 Å². The number of halogens is 2. The molecule has 0 unspecified atom stereocenters. The molecule has 1 saturated heterocycles. The zero-order valence-electron chi connectivity index (χ0n) is 15.4. The second-order valence-corrected chi connectivity index (χ2v) is 8.46. The van der Waals surface area contributed by atoms with Crippen molar-refractivity contribution in [3.8, 4) is 0 Å². The van der Waals surface area contributed by atoms with E-state index in [1.807, 2.05) is 4.90 Å². The van der Waals surface area contributed by atoms with E-state index in [0.29, 0.717) is 36.6 Å². The van der Waals surface area contributed by atoms with Crippen molar-refractivity contribution in [2.24, 2.45) is 5.92 Å². The van der Waals surface area contributed by atoms with Gasteiger partial charge in [-0.2, -0.15) is 0 Å². The van der Waals surface area contributed by atoms with Crippen LogP contribution in [0.4, 0.5) is 4.39 Å². The summed E-state index contributed by atoms with van der Waals surface area (Å²) in [5, 5.41) is 11.3. The zero-order chi connectivity index (χ0) is 18.6. The van der Waals surface area contributed by atoms with Gasteiger partial charge in [-0.1, -0.05) is 30.9 Å². The van der Waals surface area contributed by atoms with Crippen LogP contribution in [0, 0.1) is 11.7 Å². The number of hydrogen-bond acceptors (Lipinski definition) is 2. The Hall–Kier alpha value is -1.13. The van der Waals surface area contributed by atoms with Crippen molar-refractivity contribution in [2.75, 3.05) is 13.1 Å². The summed E-state index contributed by atoms with van der Waals surface area (Å²) >= 11 is 5.89. The minimum atomic E-state index is -1.26. The van der Waals surface area contributed by atoms with Crippen molar-refractivity contribution in [1.29, 1.82) is 0 Å². The van der Waals surface area contributed by atoms with E-state index in [9.17, 15) is 14.3 Å². The molecule has 2 aliphatic rings. The maximum absolute atomic E-state index is 13.4. The van der Waals surface area contributed by atoms with E-state index >= 15 is 0 Å². The molecule has 3 nitrogen and oxygen atoms in total. The SMILES string of the molecule is O=C1N(CC2CCCCC2)CCC[C@@]1(O)CCCc1cc(F)cc(Cl)c1. The fourth-order valence-electron chi connectivity index (χ4n) is 4.49. The molecule has 2 fully saturated rings. The van der Waals surface area contributed by atoms with Crippen LogP contribution in [0.2, 0.25) is 5.02 Å². The highest BCUT2D eigenvalue weighted by Crippen LogP contribution is 2.31. The molecule has 1 atom stereocenters. The molecule has 0 radical (unpaired) electrons. The second kappa shape index (κ2) is 8.71. The maximum atomic E-state index is 13.4. The van der Waals surface area contributed by atoms with Crippen molar-refractivity contribution >= 4 is 17.5 Å². The molecule has 1 amide bonds. The third-order valence-electron chi connectivity index (χ3n) is 5.89. The fourth-order valence-corrected chi connectivity index (χ4v) is 4.74. The lowest BCUT2D eigenvalue weighted by molar-refractivity contribution is -0.159. The molecule has 144 valence electrons. The smallest absolute Gasteiger partial charge is 0.254 e. The molecule has 1 heterocycles. The van der Waals surface area contributed by atoms with Crippen LogP contribution in [0.15, 0.2) is 18.2 Å². The van der Waals surface area contributed by atoms with Crippen molar-refractivity contribution in [3.05, 3.63) is 34.6 Å². The van der Waals surface area contributed by atoms with Crippen LogP contribution < -0.4 is 0 Å². The molecule has 0 spiro atoms. The molecule has 1 saturated carbocycles. The number of carbonyl (C=O) groups is 1. The number of aryl methyl sites for hydroxylation is 1. The Kier molecular flexibility index (Phi) is 6.57. The molecular formula is C21H29ClFNO2. The molecule has 1 N–H and O–H groups in total. The van der Waals surface area contributed by atoms with Gasteiger partial charge in [-0.15, -0.1) is 0 Å². The van der Waals surface area contributed by atoms with Crippen molar-refractivity contribution < 1.29 is 14.3 Å². The first-order valence-corrected chi connectivity index (χ1v) is 10.3. The second-order valence-electron chi connectivity index (χ2n) is 8.02. The lowest BCUT2D eigenvalue weighted by Gasteiger charge is -2.40. The Morgan fingerprint density at radius 3 is 2.69 bits per heavy atom. The van der Waals surface area contributed by atoms with E-state index in [4.69, 9.17) is 11.6 Å². The van der Waals surface area contributed by atoms with Gasteiger partial charge in [0.1, 0.15) is 11.4 Å². The molecule has 3 rings (SSSR count). The van der Waals surface area contributed by atoms with Crippen LogP contribution >= 0.6 is 11.6 Å². The third kappa shape index (κ3) is 4.98. The normalized spacial score (nSPS) is 24.9. The van der Waals surface area contributed by atoms with Crippen molar-refractivity contribution in [1.82, 2.24) is 4.90 Å². The van der Waals surface area contributed by atoms with Gasteiger partial charge in [-0.05, 0) is 74.6 Å². The quantitative estimate of drug-likeness (QED) is 0.773. The van der Waals surface area contributed by atoms with E-state index < -0.39 is 5.60 Å². The third-order valence-corrected chi connectivity index (χ3v) is 6.10. The predicted octanol–water partition coefficient (Wildman–Crippen LogP) is 4.74. The average Bonchev–Trinajstić information content (AvgIpc) is 2.59. The lowest BCUT2D eigenvalue weighted by atomic mass is 9.84.